The topological polar surface area (TPSA) is 30.5 Å². The van der Waals surface area contributed by atoms with Crippen LogP contribution in [0.15, 0.2) is 0 Å². The molecule has 10 heavy (non-hydrogen) atoms. The number of hydrogen-bond donors (Lipinski definition) is 2. The average molecular weight is 143 g/mol. The lowest BCUT2D eigenvalue weighted by Gasteiger charge is -2.14. The van der Waals surface area contributed by atoms with Crippen molar-refractivity contribution < 1.29 is 4.90 Å². The maximum Gasteiger partial charge on any atom is 0.0895 e. The maximum absolute atomic E-state index is 5.49. The molecule has 0 spiro atoms. The molecule has 0 aliphatic carbocycles. The van der Waals surface area contributed by atoms with Crippen molar-refractivity contribution in [3.63, 3.8) is 0 Å². The fraction of sp³-hybridized carbons (Fsp3) is 1.00. The smallest absolute Gasteiger partial charge is 0.0895 e. The Balaban J connectivity index is 2.15. The van der Waals surface area contributed by atoms with E-state index < -0.39 is 0 Å². The van der Waals surface area contributed by atoms with Crippen molar-refractivity contribution in [1.29, 1.82) is 0 Å². The standard InChI is InChI=1S/C8H18N2/c9-5-8-10-6-3-1-2-4-7-10/h1-9H2/p+1. The summed E-state index contributed by atoms with van der Waals surface area (Å²) < 4.78 is 0. The SMILES string of the molecule is NCC[NH+]1CCCCCC1. The third-order valence-corrected chi connectivity index (χ3v) is 2.31. The fourth-order valence-corrected chi connectivity index (χ4v) is 1.68. The third-order valence-electron chi connectivity index (χ3n) is 2.31. The highest BCUT2D eigenvalue weighted by Gasteiger charge is 2.09. The van der Waals surface area contributed by atoms with Crippen molar-refractivity contribution >= 4 is 0 Å². The Bertz CT molecular complexity index is 75.3. The summed E-state index contributed by atoms with van der Waals surface area (Å²) in [6.07, 6.45) is 5.70. The van der Waals surface area contributed by atoms with Crippen LogP contribution in [0.3, 0.4) is 0 Å². The number of nitrogens with one attached hydrogen (secondary N) is 1. The van der Waals surface area contributed by atoms with E-state index in [4.69, 9.17) is 5.73 Å². The molecular formula is C8H19N2+. The van der Waals surface area contributed by atoms with E-state index in [0.717, 1.165) is 6.54 Å². The van der Waals surface area contributed by atoms with Crippen LogP contribution in [0.5, 0.6) is 0 Å². The molecule has 0 bridgehead atoms. The first-order valence-electron chi connectivity index (χ1n) is 4.47. The minimum Gasteiger partial charge on any atom is -0.334 e. The summed E-state index contributed by atoms with van der Waals surface area (Å²) >= 11 is 0. The Morgan fingerprint density at radius 2 is 1.60 bits per heavy atom. The van der Waals surface area contributed by atoms with E-state index in [1.807, 2.05) is 0 Å². The summed E-state index contributed by atoms with van der Waals surface area (Å²) in [4.78, 5) is 1.72. The Kier molecular flexibility index (Phi) is 3.76. The van der Waals surface area contributed by atoms with E-state index in [-0.39, 0.29) is 0 Å². The van der Waals surface area contributed by atoms with E-state index in [9.17, 15) is 0 Å². The van der Waals surface area contributed by atoms with Crippen LogP contribution in [0, 0.1) is 0 Å². The first-order valence-corrected chi connectivity index (χ1v) is 4.47. The van der Waals surface area contributed by atoms with Gasteiger partial charge in [0.1, 0.15) is 0 Å². The predicted molar refractivity (Wildman–Crippen MR) is 43.1 cm³/mol. The largest absolute Gasteiger partial charge is 0.334 e. The predicted octanol–water partition coefficient (Wildman–Crippen LogP) is -0.596. The van der Waals surface area contributed by atoms with Crippen LogP contribution in [0.25, 0.3) is 0 Å². The van der Waals surface area contributed by atoms with Crippen LogP contribution in [0.2, 0.25) is 0 Å². The second-order valence-electron chi connectivity index (χ2n) is 3.20. The van der Waals surface area contributed by atoms with Gasteiger partial charge in [0, 0.05) is 6.54 Å². The number of quaternary nitrogens is 1. The molecule has 0 atom stereocenters. The van der Waals surface area contributed by atoms with Gasteiger partial charge in [0.2, 0.25) is 0 Å². The van der Waals surface area contributed by atoms with Crippen molar-refractivity contribution in [2.75, 3.05) is 26.2 Å². The van der Waals surface area contributed by atoms with Crippen LogP contribution < -0.4 is 10.6 Å². The second kappa shape index (κ2) is 4.69. The van der Waals surface area contributed by atoms with Gasteiger partial charge in [0.15, 0.2) is 0 Å². The van der Waals surface area contributed by atoms with E-state index in [2.05, 4.69) is 0 Å². The number of hydrogen-bond acceptors (Lipinski definition) is 1. The molecule has 0 aromatic heterocycles. The summed E-state index contributed by atoms with van der Waals surface area (Å²) in [6.45, 7) is 4.75. The van der Waals surface area contributed by atoms with E-state index in [0.29, 0.717) is 0 Å². The van der Waals surface area contributed by atoms with E-state index >= 15 is 0 Å². The average Bonchev–Trinajstić information content (AvgIpc) is 2.17. The molecule has 2 nitrogen and oxygen atoms in total. The highest BCUT2D eigenvalue weighted by atomic mass is 15.1. The van der Waals surface area contributed by atoms with Crippen molar-refractivity contribution in [3.05, 3.63) is 0 Å². The van der Waals surface area contributed by atoms with Gasteiger partial charge in [-0.15, -0.1) is 0 Å². The van der Waals surface area contributed by atoms with Crippen LogP contribution in [-0.2, 0) is 0 Å². The van der Waals surface area contributed by atoms with Gasteiger partial charge in [-0.25, -0.2) is 0 Å². The summed E-state index contributed by atoms with van der Waals surface area (Å²) in [5.41, 5.74) is 5.49. The van der Waals surface area contributed by atoms with Gasteiger partial charge in [0.05, 0.1) is 19.6 Å². The number of rotatable bonds is 2. The minimum absolute atomic E-state index is 0.856. The number of likely N-dealkylation sites (tertiary alicyclic amines) is 1. The molecule has 0 aromatic rings. The molecule has 1 aliphatic rings. The molecule has 0 saturated carbocycles. The zero-order chi connectivity index (χ0) is 7.23. The summed E-state index contributed by atoms with van der Waals surface area (Å²) in [7, 11) is 0. The molecule has 1 saturated heterocycles. The molecule has 0 aromatic carbocycles. The quantitative estimate of drug-likeness (QED) is 0.531. The van der Waals surface area contributed by atoms with Gasteiger partial charge in [-0.1, -0.05) is 0 Å². The van der Waals surface area contributed by atoms with E-state index in [1.54, 1.807) is 4.90 Å². The van der Waals surface area contributed by atoms with Gasteiger partial charge in [-0.05, 0) is 25.7 Å². The van der Waals surface area contributed by atoms with Crippen LogP contribution in [0.1, 0.15) is 25.7 Å². The van der Waals surface area contributed by atoms with Gasteiger partial charge in [-0.2, -0.15) is 0 Å². The molecule has 1 fully saturated rings. The van der Waals surface area contributed by atoms with Crippen LogP contribution >= 0.6 is 0 Å². The number of nitrogens with two attached hydrogens (primary N) is 1. The van der Waals surface area contributed by atoms with Gasteiger partial charge < -0.3 is 10.6 Å². The Hall–Kier alpha value is -0.0800. The maximum atomic E-state index is 5.49. The first-order chi connectivity index (χ1) is 4.93. The zero-order valence-corrected chi connectivity index (χ0v) is 6.73. The zero-order valence-electron chi connectivity index (χ0n) is 6.73. The summed E-state index contributed by atoms with van der Waals surface area (Å²) in [6, 6.07) is 0. The molecule has 2 heteroatoms. The molecular weight excluding hydrogens is 124 g/mol. The van der Waals surface area contributed by atoms with Crippen molar-refractivity contribution in [3.8, 4) is 0 Å². The normalized spacial score (nSPS) is 22.5. The molecule has 0 unspecified atom stereocenters. The lowest BCUT2D eigenvalue weighted by Crippen LogP contribution is -3.12. The molecule has 1 heterocycles. The fourth-order valence-electron chi connectivity index (χ4n) is 1.68. The lowest BCUT2D eigenvalue weighted by atomic mass is 10.2. The summed E-state index contributed by atoms with van der Waals surface area (Å²) in [5, 5.41) is 0. The highest BCUT2D eigenvalue weighted by Crippen LogP contribution is 1.98. The Labute approximate surface area is 63.4 Å². The summed E-state index contributed by atoms with van der Waals surface area (Å²) in [5.74, 6) is 0. The molecule has 3 N–H and O–H groups in total. The van der Waals surface area contributed by atoms with Gasteiger partial charge in [-0.3, -0.25) is 0 Å². The second-order valence-corrected chi connectivity index (χ2v) is 3.20. The van der Waals surface area contributed by atoms with Gasteiger partial charge >= 0.3 is 0 Å². The van der Waals surface area contributed by atoms with Crippen molar-refractivity contribution in [2.24, 2.45) is 5.73 Å². The monoisotopic (exact) mass is 143 g/mol. The van der Waals surface area contributed by atoms with Crippen LogP contribution in [0.4, 0.5) is 0 Å². The van der Waals surface area contributed by atoms with E-state index in [1.165, 1.54) is 45.3 Å². The third kappa shape index (κ3) is 2.67. The molecule has 0 amide bonds. The Morgan fingerprint density at radius 3 is 2.10 bits per heavy atom. The minimum atomic E-state index is 0.856. The molecule has 1 aliphatic heterocycles. The lowest BCUT2D eigenvalue weighted by molar-refractivity contribution is -0.897. The van der Waals surface area contributed by atoms with Crippen molar-refractivity contribution in [1.82, 2.24) is 0 Å². The van der Waals surface area contributed by atoms with Crippen molar-refractivity contribution in [2.45, 2.75) is 25.7 Å². The first kappa shape index (κ1) is 8.02. The molecule has 60 valence electrons. The highest BCUT2D eigenvalue weighted by molar-refractivity contribution is 4.46. The van der Waals surface area contributed by atoms with Crippen LogP contribution in [-0.4, -0.2) is 26.2 Å². The Morgan fingerprint density at radius 1 is 1.00 bits per heavy atom. The molecule has 0 radical (unpaired) electrons. The van der Waals surface area contributed by atoms with Gasteiger partial charge in [0.25, 0.3) is 0 Å². The molecule has 1 rings (SSSR count).